The van der Waals surface area contributed by atoms with Crippen molar-refractivity contribution >= 4 is 34.8 Å². The average molecular weight is 825 g/mol. The van der Waals surface area contributed by atoms with Crippen LogP contribution < -0.4 is 10.6 Å². The van der Waals surface area contributed by atoms with Gasteiger partial charge in [0.1, 0.15) is 23.7 Å². The maximum absolute atomic E-state index is 13.7. The van der Waals surface area contributed by atoms with Crippen LogP contribution in [0, 0.1) is 5.92 Å². The molecule has 2 aliphatic rings. The number of H-pyrrole nitrogens is 2. The van der Waals surface area contributed by atoms with Crippen LogP contribution in [0.15, 0.2) is 103 Å². The number of fused-ring (bicyclic) bond motifs is 1. The van der Waals surface area contributed by atoms with Gasteiger partial charge in [-0.1, -0.05) is 92.7 Å². The highest BCUT2D eigenvalue weighted by Gasteiger charge is 2.41. The van der Waals surface area contributed by atoms with Gasteiger partial charge in [-0.25, -0.2) is 19.6 Å². The van der Waals surface area contributed by atoms with E-state index in [2.05, 4.69) is 73.0 Å². The Labute approximate surface area is 352 Å². The monoisotopic (exact) mass is 824 g/mol. The molecule has 4 heterocycles. The van der Waals surface area contributed by atoms with E-state index in [4.69, 9.17) is 4.74 Å². The number of aromatic amines is 2. The molecule has 2 fully saturated rings. The number of hydrogen-bond donors (Lipinski definition) is 6. The molecule has 5 atom stereocenters. The summed E-state index contributed by atoms with van der Waals surface area (Å²) < 4.78 is 4.74. The zero-order valence-corrected chi connectivity index (χ0v) is 34.0. The number of alkyl carbamates (subject to hydrolysis) is 1. The van der Waals surface area contributed by atoms with Crippen molar-refractivity contribution in [3.05, 3.63) is 121 Å². The third-order valence-electron chi connectivity index (χ3n) is 11.6. The number of ether oxygens (including phenoxy) is 1. The number of likely N-dealkylation sites (tertiary alicyclic amines) is 2. The van der Waals surface area contributed by atoms with Crippen LogP contribution in [0.25, 0.3) is 44.4 Å². The van der Waals surface area contributed by atoms with Gasteiger partial charge in [-0.3, -0.25) is 9.59 Å². The molecule has 61 heavy (non-hydrogen) atoms. The second-order valence-corrected chi connectivity index (χ2v) is 16.0. The third kappa shape index (κ3) is 8.55. The highest BCUT2D eigenvalue weighted by atomic mass is 16.5. The predicted octanol–water partition coefficient (Wildman–Crippen LogP) is 6.97. The summed E-state index contributed by atoms with van der Waals surface area (Å²) >= 11 is 0. The minimum absolute atomic E-state index is 0.131. The molecular formula is C46H48N8O7. The van der Waals surface area contributed by atoms with E-state index in [9.17, 15) is 29.4 Å². The molecule has 4 aromatic carbocycles. The molecule has 0 unspecified atom stereocenters. The number of carbonyl (C=O) groups is 4. The van der Waals surface area contributed by atoms with Crippen molar-refractivity contribution in [3.8, 4) is 33.6 Å². The number of β-amino-alcohol motifs (C(OH)–C–C–N with tert-alkyl or cyclic N) is 1. The van der Waals surface area contributed by atoms with E-state index in [0.717, 1.165) is 50.8 Å². The van der Waals surface area contributed by atoms with E-state index in [-0.39, 0.29) is 30.3 Å². The Bertz CT molecular complexity index is 2550. The third-order valence-corrected chi connectivity index (χ3v) is 11.6. The number of aliphatic hydroxyl groups is 1. The van der Waals surface area contributed by atoms with Crippen molar-refractivity contribution in [2.45, 2.75) is 63.4 Å². The highest BCUT2D eigenvalue weighted by Crippen LogP contribution is 2.36. The van der Waals surface area contributed by atoms with Gasteiger partial charge in [0.05, 0.1) is 49.1 Å². The molecule has 6 aromatic rings. The molecule has 0 aliphatic carbocycles. The summed E-state index contributed by atoms with van der Waals surface area (Å²) in [4.78, 5) is 70.4. The first-order valence-electron chi connectivity index (χ1n) is 20.4. The fourth-order valence-electron chi connectivity index (χ4n) is 8.47. The van der Waals surface area contributed by atoms with E-state index in [1.165, 1.54) is 7.11 Å². The first-order valence-corrected chi connectivity index (χ1v) is 20.4. The Morgan fingerprint density at radius 1 is 0.754 bits per heavy atom. The lowest BCUT2D eigenvalue weighted by molar-refractivity contribution is -0.136. The lowest BCUT2D eigenvalue weighted by Crippen LogP contribution is -2.51. The number of carbonyl (C=O) groups excluding carboxylic acids is 3. The Kier molecular flexibility index (Phi) is 11.6. The summed E-state index contributed by atoms with van der Waals surface area (Å²) in [5, 5.41) is 27.2. The molecule has 0 saturated carbocycles. The molecule has 2 aromatic heterocycles. The summed E-state index contributed by atoms with van der Waals surface area (Å²) in [7, 11) is 1.25. The van der Waals surface area contributed by atoms with Crippen LogP contribution in [-0.4, -0.2) is 96.3 Å². The zero-order chi connectivity index (χ0) is 42.8. The Hall–Kier alpha value is -7.00. The van der Waals surface area contributed by atoms with E-state index < -0.39 is 36.4 Å². The van der Waals surface area contributed by atoms with Crippen molar-refractivity contribution in [1.29, 1.82) is 0 Å². The van der Waals surface area contributed by atoms with Gasteiger partial charge in [0.15, 0.2) is 0 Å². The molecule has 8 rings (SSSR count). The van der Waals surface area contributed by atoms with Crippen molar-refractivity contribution in [2.75, 3.05) is 20.2 Å². The first-order chi connectivity index (χ1) is 29.5. The molecule has 0 bridgehead atoms. The maximum atomic E-state index is 13.7. The molecule has 2 saturated heterocycles. The number of hydrogen-bond acceptors (Lipinski definition) is 8. The minimum Gasteiger partial charge on any atom is -0.465 e. The van der Waals surface area contributed by atoms with E-state index >= 15 is 0 Å². The highest BCUT2D eigenvalue weighted by molar-refractivity contribution is 5.91. The van der Waals surface area contributed by atoms with E-state index in [1.807, 2.05) is 38.1 Å². The molecule has 314 valence electrons. The summed E-state index contributed by atoms with van der Waals surface area (Å²) in [5.41, 5.74) is 6.13. The molecule has 15 nitrogen and oxygen atoms in total. The topological polar surface area (TPSA) is 206 Å². The number of aliphatic hydroxyl groups excluding tert-OH is 1. The van der Waals surface area contributed by atoms with Crippen LogP contribution in [-0.2, 0) is 14.3 Å². The van der Waals surface area contributed by atoms with Gasteiger partial charge in [-0.05, 0) is 63.9 Å². The smallest absolute Gasteiger partial charge is 0.407 e. The summed E-state index contributed by atoms with van der Waals surface area (Å²) in [5.74, 6) is 0.402. The molecule has 2 aliphatic heterocycles. The molecule has 0 radical (unpaired) electrons. The van der Waals surface area contributed by atoms with Gasteiger partial charge in [0.25, 0.3) is 5.91 Å². The van der Waals surface area contributed by atoms with Gasteiger partial charge in [-0.15, -0.1) is 0 Å². The van der Waals surface area contributed by atoms with E-state index in [1.54, 1.807) is 46.5 Å². The number of benzene rings is 4. The average Bonchev–Trinajstić information content (AvgIpc) is 4.11. The first kappa shape index (κ1) is 40.8. The number of amides is 4. The minimum atomic E-state index is -1.26. The number of carboxylic acid groups (broad SMARTS) is 1. The maximum Gasteiger partial charge on any atom is 0.407 e. The molecule has 15 heteroatoms. The number of methoxy groups -OCH3 is 1. The van der Waals surface area contributed by atoms with Crippen LogP contribution >= 0.6 is 0 Å². The van der Waals surface area contributed by atoms with Gasteiger partial charge in [0.2, 0.25) is 5.91 Å². The van der Waals surface area contributed by atoms with Crippen molar-refractivity contribution in [2.24, 2.45) is 5.92 Å². The van der Waals surface area contributed by atoms with Crippen molar-refractivity contribution in [1.82, 2.24) is 40.4 Å². The summed E-state index contributed by atoms with van der Waals surface area (Å²) in [6.45, 7) is 4.32. The summed E-state index contributed by atoms with van der Waals surface area (Å²) in [6.07, 6.45) is 2.63. The largest absolute Gasteiger partial charge is 0.465 e. The van der Waals surface area contributed by atoms with Crippen LogP contribution in [0.4, 0.5) is 9.59 Å². The fraction of sp³-hybridized carbons (Fsp3) is 0.304. The number of nitrogens with zero attached hydrogens (tertiary/aromatic N) is 4. The van der Waals surface area contributed by atoms with Crippen molar-refractivity contribution in [3.63, 3.8) is 0 Å². The second-order valence-electron chi connectivity index (χ2n) is 16.0. The number of rotatable bonds is 11. The normalized spacial score (nSPS) is 18.6. The number of imidazole rings is 2. The Morgan fingerprint density at radius 2 is 1.36 bits per heavy atom. The van der Waals surface area contributed by atoms with Crippen molar-refractivity contribution < 1.29 is 34.1 Å². The standard InChI is InChI=1S/C46H48N8O7/c1-26(2)39(52-46(60)61-3)43(56)54-25-34(55)22-38(54)42-48-24-36(50-42)33-18-17-31-20-30(15-16-32(31)21-33)27-11-13-28(14-12-27)35-23-47-41(49-35)37-10-7-19-53(37)44(57)40(51-45(58)59)29-8-5-4-6-9-29/h4-6,8-9,11-18,20-21,23-24,26,34,37-40,51,55H,7,10,19,22,25H2,1-3H3,(H,47,49)(H,48,50)(H,52,60)(H,58,59)/t34-,37-,38-,39-,40+/m0/s1. The van der Waals surface area contributed by atoms with Gasteiger partial charge in [-0.2, -0.15) is 0 Å². The van der Waals surface area contributed by atoms with Crippen LogP contribution in [0.1, 0.15) is 68.4 Å². The quantitative estimate of drug-likeness (QED) is 0.0797. The number of nitrogens with one attached hydrogen (secondary N) is 4. The predicted molar refractivity (Wildman–Crippen MR) is 228 cm³/mol. The van der Waals surface area contributed by atoms with Crippen LogP contribution in [0.5, 0.6) is 0 Å². The zero-order valence-electron chi connectivity index (χ0n) is 34.0. The van der Waals surface area contributed by atoms with Crippen LogP contribution in [0.3, 0.4) is 0 Å². The Morgan fingerprint density at radius 3 is 2.02 bits per heavy atom. The van der Waals surface area contributed by atoms with Gasteiger partial charge in [0, 0.05) is 25.1 Å². The second kappa shape index (κ2) is 17.3. The SMILES string of the molecule is COC(=O)N[C@H](C(=O)N1C[C@@H](O)C[C@H]1c1ncc(-c2ccc3cc(-c4ccc(-c5cnc([C@@H]6CCCN6C(=O)[C@H](NC(=O)O)c6ccccc6)[nH]5)cc4)ccc3c2)[nH]1)C(C)C. The van der Waals surface area contributed by atoms with Crippen LogP contribution in [0.2, 0.25) is 0 Å². The van der Waals surface area contributed by atoms with Gasteiger partial charge >= 0.3 is 12.2 Å². The fourth-order valence-corrected chi connectivity index (χ4v) is 8.47. The van der Waals surface area contributed by atoms with E-state index in [0.29, 0.717) is 36.6 Å². The molecule has 4 amide bonds. The Balaban J connectivity index is 0.949. The molecule has 0 spiro atoms. The molecule has 6 N–H and O–H groups in total. The lowest BCUT2D eigenvalue weighted by Gasteiger charge is -2.29. The lowest BCUT2D eigenvalue weighted by atomic mass is 9.98. The van der Waals surface area contributed by atoms with Gasteiger partial charge < -0.3 is 45.4 Å². The summed E-state index contributed by atoms with van der Waals surface area (Å²) in [6, 6.07) is 26.9. The number of aromatic nitrogens is 4. The molecular weight excluding hydrogens is 777 g/mol.